The van der Waals surface area contributed by atoms with Crippen molar-refractivity contribution in [2.24, 2.45) is 0 Å². The minimum absolute atomic E-state index is 0. The van der Waals surface area contributed by atoms with Gasteiger partial charge in [-0.25, -0.2) is 16.8 Å². The van der Waals surface area contributed by atoms with Gasteiger partial charge in [0, 0.05) is 58.8 Å². The second-order valence-corrected chi connectivity index (χ2v) is 12.9. The van der Waals surface area contributed by atoms with Gasteiger partial charge < -0.3 is 24.5 Å². The molecule has 244 valence electrons. The van der Waals surface area contributed by atoms with Crippen LogP contribution in [0.5, 0.6) is 0 Å². The second kappa shape index (κ2) is 18.5. The number of hydrogen-bond donors (Lipinski definition) is 1. The number of rotatable bonds is 15. The Morgan fingerprint density at radius 1 is 0.822 bits per heavy atom. The Labute approximate surface area is 271 Å². The van der Waals surface area contributed by atoms with Crippen LogP contribution in [0.1, 0.15) is 12.8 Å². The Bertz CT molecular complexity index is 1560. The van der Waals surface area contributed by atoms with Crippen LogP contribution in [0, 0.1) is 20.2 Å². The maximum Gasteiger partial charge on any atom is 1.00 e. The molecule has 21 heteroatoms. The number of sulfonamides is 2. The van der Waals surface area contributed by atoms with Crippen LogP contribution >= 0.6 is 0 Å². The van der Waals surface area contributed by atoms with E-state index < -0.39 is 88.2 Å². The predicted octanol–water partition coefficient (Wildman–Crippen LogP) is -3.49. The topological polar surface area (TPSA) is 257 Å². The molecule has 2 atom stereocenters. The number of carboxylic acid groups (broad SMARTS) is 1. The summed E-state index contributed by atoms with van der Waals surface area (Å²) in [4.78, 5) is 40.9. The molecule has 2 aromatic rings. The third-order valence-corrected chi connectivity index (χ3v) is 9.53. The first-order valence-corrected chi connectivity index (χ1v) is 15.1. The molecule has 0 heterocycles. The Hall–Kier alpha value is -3.48. The van der Waals surface area contributed by atoms with Gasteiger partial charge in [0.25, 0.3) is 11.4 Å². The second-order valence-electron chi connectivity index (χ2n) is 8.89. The van der Waals surface area contributed by atoms with E-state index in [4.69, 9.17) is 4.74 Å². The van der Waals surface area contributed by atoms with E-state index in [-0.39, 0.29) is 31.8 Å². The van der Waals surface area contributed by atoms with Gasteiger partial charge in [0.2, 0.25) is 20.0 Å². The van der Waals surface area contributed by atoms with Crippen molar-refractivity contribution in [3.05, 3.63) is 68.8 Å². The summed E-state index contributed by atoms with van der Waals surface area (Å²) in [6.07, 6.45) is -3.08. The van der Waals surface area contributed by atoms with Crippen LogP contribution in [0.15, 0.2) is 58.3 Å². The summed E-state index contributed by atoms with van der Waals surface area (Å²) in [5, 5.41) is 42.1. The molecular formula is C24H31LiN4O14S2. The molecule has 0 radical (unpaired) electrons. The van der Waals surface area contributed by atoms with Crippen molar-refractivity contribution in [1.29, 1.82) is 0 Å². The van der Waals surface area contributed by atoms with Gasteiger partial charge in [-0.15, -0.1) is 0 Å². The zero-order valence-electron chi connectivity index (χ0n) is 25.0. The first-order valence-electron chi connectivity index (χ1n) is 12.3. The number of likely N-dealkylation sites (N-methyl/N-ethyl adjacent to an activating group) is 2. The quantitative estimate of drug-likeness (QED) is 0.0835. The fraction of sp³-hybridized carbons (Fsp3) is 0.417. The van der Waals surface area contributed by atoms with Gasteiger partial charge in [0.1, 0.15) is 0 Å². The third kappa shape index (κ3) is 12.1. The number of carbonyl (C=O) groups excluding carboxylic acids is 2. The van der Waals surface area contributed by atoms with Crippen LogP contribution in [-0.2, 0) is 39.1 Å². The molecule has 0 spiro atoms. The number of carboxylic acids is 1. The summed E-state index contributed by atoms with van der Waals surface area (Å²) in [7, 11) is -3.61. The number of para-hydroxylation sites is 2. The fourth-order valence-corrected chi connectivity index (χ4v) is 6.23. The summed E-state index contributed by atoms with van der Waals surface area (Å²) in [6.45, 7) is -0.678. The maximum atomic E-state index is 12.4. The maximum absolute atomic E-state index is 12.4. The molecule has 1 N–H and O–H groups in total. The van der Waals surface area contributed by atoms with Crippen molar-refractivity contribution in [2.75, 3.05) is 41.4 Å². The number of nitrogens with zero attached hydrogens (tertiary/aromatic N) is 4. The van der Waals surface area contributed by atoms with Crippen LogP contribution in [-0.4, -0.2) is 106 Å². The molecule has 0 aliphatic rings. The number of ether oxygens (including phenoxy) is 2. The molecule has 0 aromatic heterocycles. The number of aliphatic hydroxyl groups excluding tert-OH is 1. The SMILES string of the molecule is COC(=O)CC(O)CN(C)S(=O)(=O)c1ccccc1[N+](=O)[O-].COC(CC(=O)[O-])CN(C)S(=O)(=O)c1ccccc1[N+](=O)[O-].[Li+]. The standard InChI is InChI=1S/2C12H16N2O7S.Li/c1-13(8-9(21-2)7-12(15)16)22(19,20)11-6-4-3-5-10(11)14(17)18;1-13(8-9(15)7-12(16)21-2)22(19,20)11-6-4-3-5-10(11)14(17)18;/h3-6,9H,7-8H2,1-2H3,(H,15,16);3-6,9,15H,7-8H2,1-2H3;/q;;+1/p-1. The number of methoxy groups -OCH3 is 2. The van der Waals surface area contributed by atoms with Crippen LogP contribution in [0.2, 0.25) is 0 Å². The van der Waals surface area contributed by atoms with E-state index in [0.29, 0.717) is 0 Å². The van der Waals surface area contributed by atoms with Crippen molar-refractivity contribution in [3.8, 4) is 0 Å². The third-order valence-electron chi connectivity index (χ3n) is 5.79. The van der Waals surface area contributed by atoms with Gasteiger partial charge in [0.05, 0.1) is 35.6 Å². The van der Waals surface area contributed by atoms with E-state index >= 15 is 0 Å². The van der Waals surface area contributed by atoms with E-state index in [1.54, 1.807) is 0 Å². The largest absolute Gasteiger partial charge is 1.00 e. The van der Waals surface area contributed by atoms with E-state index in [1.807, 2.05) is 0 Å². The van der Waals surface area contributed by atoms with E-state index in [0.717, 1.165) is 47.0 Å². The molecule has 0 aliphatic heterocycles. The Balaban J connectivity index is 0.000000842. The number of hydrogen-bond acceptors (Lipinski definition) is 14. The molecule has 2 unspecified atom stereocenters. The van der Waals surface area contributed by atoms with Gasteiger partial charge in [-0.2, -0.15) is 8.61 Å². The molecule has 0 amide bonds. The smallest absolute Gasteiger partial charge is 0.550 e. The normalized spacial score (nSPS) is 12.7. The predicted molar refractivity (Wildman–Crippen MR) is 149 cm³/mol. The summed E-state index contributed by atoms with van der Waals surface area (Å²) in [6, 6.07) is 9.80. The molecule has 2 rings (SSSR count). The Morgan fingerprint density at radius 2 is 1.22 bits per heavy atom. The zero-order valence-corrected chi connectivity index (χ0v) is 26.6. The molecule has 0 fully saturated rings. The number of carbonyl (C=O) groups is 2. The number of aliphatic carboxylic acids is 1. The number of esters is 1. The summed E-state index contributed by atoms with van der Waals surface area (Å²) >= 11 is 0. The van der Waals surface area contributed by atoms with Gasteiger partial charge in [-0.05, 0) is 12.1 Å². The van der Waals surface area contributed by atoms with Crippen molar-refractivity contribution in [1.82, 2.24) is 8.61 Å². The summed E-state index contributed by atoms with van der Waals surface area (Å²) in [5.41, 5.74) is -1.11. The molecule has 45 heavy (non-hydrogen) atoms. The van der Waals surface area contributed by atoms with E-state index in [9.17, 15) is 56.9 Å². The Morgan fingerprint density at radius 3 is 1.58 bits per heavy atom. The molecule has 0 saturated carbocycles. The summed E-state index contributed by atoms with van der Waals surface area (Å²) in [5.74, 6) is -2.08. The van der Waals surface area contributed by atoms with Gasteiger partial charge in [-0.1, -0.05) is 24.3 Å². The van der Waals surface area contributed by atoms with E-state index in [1.165, 1.54) is 38.4 Å². The van der Waals surface area contributed by atoms with Crippen LogP contribution < -0.4 is 24.0 Å². The minimum Gasteiger partial charge on any atom is -0.550 e. The number of aliphatic hydroxyl groups is 1. The van der Waals surface area contributed by atoms with Crippen molar-refractivity contribution in [2.45, 2.75) is 34.8 Å². The number of benzene rings is 2. The monoisotopic (exact) mass is 670 g/mol. The number of nitro benzene ring substituents is 2. The average molecular weight is 671 g/mol. The first-order chi connectivity index (χ1) is 20.4. The fourth-order valence-electron chi connectivity index (χ4n) is 3.52. The zero-order chi connectivity index (χ0) is 33.8. The molecule has 2 aromatic carbocycles. The van der Waals surface area contributed by atoms with E-state index in [2.05, 4.69) is 4.74 Å². The van der Waals surface area contributed by atoms with Crippen molar-refractivity contribution >= 4 is 43.4 Å². The molecule has 0 saturated heterocycles. The first kappa shape index (κ1) is 41.5. The molecular weight excluding hydrogens is 639 g/mol. The molecule has 0 aliphatic carbocycles. The molecule has 0 bridgehead atoms. The van der Waals surface area contributed by atoms with Gasteiger partial charge in [0.15, 0.2) is 9.79 Å². The average Bonchev–Trinajstić information content (AvgIpc) is 2.96. The van der Waals surface area contributed by atoms with Crippen LogP contribution in [0.4, 0.5) is 11.4 Å². The Kier molecular flexibility index (Phi) is 17.0. The van der Waals surface area contributed by atoms with Gasteiger partial charge >= 0.3 is 24.8 Å². The van der Waals surface area contributed by atoms with Gasteiger partial charge in [-0.3, -0.25) is 25.0 Å². The molecule has 18 nitrogen and oxygen atoms in total. The van der Waals surface area contributed by atoms with Crippen molar-refractivity contribution in [3.63, 3.8) is 0 Å². The minimum atomic E-state index is -4.17. The van der Waals surface area contributed by atoms with Crippen molar-refractivity contribution < 1.29 is 74.8 Å². The number of nitro groups is 2. The van der Waals surface area contributed by atoms with Crippen LogP contribution in [0.25, 0.3) is 0 Å². The van der Waals surface area contributed by atoms with Crippen LogP contribution in [0.3, 0.4) is 0 Å². The summed E-state index contributed by atoms with van der Waals surface area (Å²) < 4.78 is 60.3.